The molecular weight excluding hydrogens is 518 g/mol. The van der Waals surface area contributed by atoms with E-state index in [1.807, 2.05) is 6.07 Å². The molecule has 2 saturated carbocycles. The predicted octanol–water partition coefficient (Wildman–Crippen LogP) is 2.05. The fourth-order valence-corrected chi connectivity index (χ4v) is 7.41. The van der Waals surface area contributed by atoms with Crippen LogP contribution in [-0.2, 0) is 16.7 Å². The molecule has 0 aromatic heterocycles. The molecule has 216 valence electrons. The lowest BCUT2D eigenvalue weighted by molar-refractivity contribution is -0.209. The lowest BCUT2D eigenvalue weighted by Crippen LogP contribution is -2.77. The monoisotopic (exact) mass is 555 g/mol. The molecular formula is C29H37N3O8. The number of phenols is 1. The van der Waals surface area contributed by atoms with E-state index in [0.717, 1.165) is 37.4 Å². The zero-order chi connectivity index (χ0) is 28.7. The van der Waals surface area contributed by atoms with E-state index in [2.05, 4.69) is 21.4 Å². The summed E-state index contributed by atoms with van der Waals surface area (Å²) in [7, 11) is 0. The fraction of sp³-hybridized carbons (Fsp3) is 0.517. The van der Waals surface area contributed by atoms with Gasteiger partial charge in [-0.05, 0) is 74.8 Å². The van der Waals surface area contributed by atoms with Gasteiger partial charge in [-0.2, -0.15) is 5.90 Å². The number of amides is 1. The smallest absolute Gasteiger partial charge is 0.423 e. The number of hydrogen-bond acceptors (Lipinski definition) is 9. The van der Waals surface area contributed by atoms with Gasteiger partial charge in [0.15, 0.2) is 11.5 Å². The van der Waals surface area contributed by atoms with Gasteiger partial charge in [-0.3, -0.25) is 4.90 Å². The number of piperidine rings is 1. The SMILES string of the molecule is NOC(N)=O.O=C(O)c1ccccc1.Oc1ccc2c3c1O[C@H]1[C@@H](O)CC[C@@]4(O)[C@@H](C2)N(CC2CCC2)CC[C@]314. The van der Waals surface area contributed by atoms with Gasteiger partial charge in [0.25, 0.3) is 0 Å². The molecule has 1 spiro atoms. The van der Waals surface area contributed by atoms with Crippen LogP contribution in [-0.4, -0.2) is 74.3 Å². The van der Waals surface area contributed by atoms with Crippen LogP contribution in [0.1, 0.15) is 60.0 Å². The number of hydrogen-bond donors (Lipinski definition) is 6. The van der Waals surface area contributed by atoms with Crippen LogP contribution in [0.15, 0.2) is 42.5 Å². The van der Waals surface area contributed by atoms with Gasteiger partial charge in [0, 0.05) is 18.2 Å². The van der Waals surface area contributed by atoms with E-state index in [9.17, 15) is 24.9 Å². The summed E-state index contributed by atoms with van der Waals surface area (Å²) in [6, 6.07) is 12.1. The van der Waals surface area contributed by atoms with Gasteiger partial charge in [0.05, 0.1) is 22.7 Å². The maximum absolute atomic E-state index is 12.1. The fourth-order valence-electron chi connectivity index (χ4n) is 7.41. The van der Waals surface area contributed by atoms with Crippen LogP contribution in [0, 0.1) is 5.92 Å². The number of aromatic hydroxyl groups is 1. The zero-order valence-corrected chi connectivity index (χ0v) is 22.2. The first-order valence-electron chi connectivity index (χ1n) is 13.7. The summed E-state index contributed by atoms with van der Waals surface area (Å²) in [5.74, 6) is 4.74. The molecule has 2 heterocycles. The molecule has 2 aromatic rings. The lowest BCUT2D eigenvalue weighted by atomic mass is 9.48. The van der Waals surface area contributed by atoms with Crippen LogP contribution in [0.25, 0.3) is 0 Å². The Labute approximate surface area is 232 Å². The molecule has 40 heavy (non-hydrogen) atoms. The molecule has 5 atom stereocenters. The molecule has 8 N–H and O–H groups in total. The maximum Gasteiger partial charge on any atom is 0.423 e. The van der Waals surface area contributed by atoms with Crippen LogP contribution in [0.3, 0.4) is 0 Å². The van der Waals surface area contributed by atoms with Crippen LogP contribution in [0.5, 0.6) is 11.5 Å². The molecule has 7 rings (SSSR count). The highest BCUT2D eigenvalue weighted by Gasteiger charge is 2.72. The van der Waals surface area contributed by atoms with E-state index in [4.69, 9.17) is 9.84 Å². The van der Waals surface area contributed by atoms with E-state index in [-0.39, 0.29) is 11.8 Å². The van der Waals surface area contributed by atoms with Gasteiger partial charge in [-0.1, -0.05) is 30.7 Å². The minimum absolute atomic E-state index is 0.0819. The van der Waals surface area contributed by atoms with E-state index in [1.54, 1.807) is 36.4 Å². The van der Waals surface area contributed by atoms with E-state index in [1.165, 1.54) is 24.8 Å². The third-order valence-electron chi connectivity index (χ3n) is 9.40. The number of likely N-dealkylation sites (tertiary alicyclic amines) is 1. The number of nitrogens with zero attached hydrogens (tertiary/aromatic N) is 1. The Morgan fingerprint density at radius 2 is 1.80 bits per heavy atom. The van der Waals surface area contributed by atoms with Crippen molar-refractivity contribution in [1.29, 1.82) is 0 Å². The van der Waals surface area contributed by atoms with Crippen LogP contribution in [0.4, 0.5) is 4.79 Å². The Hall–Kier alpha value is -3.38. The Morgan fingerprint density at radius 1 is 1.10 bits per heavy atom. The molecule has 3 aliphatic carbocycles. The molecule has 0 radical (unpaired) electrons. The van der Waals surface area contributed by atoms with Gasteiger partial charge in [0.1, 0.15) is 6.10 Å². The number of aromatic carboxylic acids is 1. The first-order valence-corrected chi connectivity index (χ1v) is 13.7. The number of phenolic OH excluding ortho intramolecular Hbond substituents is 1. The van der Waals surface area contributed by atoms with Crippen molar-refractivity contribution in [3.05, 3.63) is 59.2 Å². The molecule has 3 fully saturated rings. The molecule has 1 amide bonds. The normalized spacial score (nSPS) is 31.1. The highest BCUT2D eigenvalue weighted by Crippen LogP contribution is 2.65. The van der Waals surface area contributed by atoms with Crippen molar-refractivity contribution in [2.24, 2.45) is 17.5 Å². The van der Waals surface area contributed by atoms with Crippen molar-refractivity contribution in [2.45, 2.75) is 74.2 Å². The van der Waals surface area contributed by atoms with Gasteiger partial charge < -0.3 is 35.7 Å². The zero-order valence-electron chi connectivity index (χ0n) is 22.2. The molecule has 0 unspecified atom stereocenters. The molecule has 2 aliphatic heterocycles. The van der Waals surface area contributed by atoms with Crippen LogP contribution in [0.2, 0.25) is 0 Å². The maximum atomic E-state index is 12.1. The number of carboxylic acids is 1. The summed E-state index contributed by atoms with van der Waals surface area (Å²) >= 11 is 0. The third kappa shape index (κ3) is 4.56. The topological polar surface area (TPSA) is 189 Å². The number of carboxylic acid groups (broad SMARTS) is 1. The van der Waals surface area contributed by atoms with Crippen molar-refractivity contribution < 1.29 is 39.6 Å². The second kappa shape index (κ2) is 10.9. The number of ether oxygens (including phenoxy) is 1. The second-order valence-electron chi connectivity index (χ2n) is 11.4. The molecule has 1 saturated heterocycles. The summed E-state index contributed by atoms with van der Waals surface area (Å²) in [6.07, 6.45) is 4.71. The first-order chi connectivity index (χ1) is 19.1. The molecule has 2 bridgehead atoms. The average molecular weight is 556 g/mol. The summed E-state index contributed by atoms with van der Waals surface area (Å²) < 4.78 is 6.16. The Bertz CT molecular complexity index is 1260. The predicted molar refractivity (Wildman–Crippen MR) is 144 cm³/mol. The minimum atomic E-state index is -0.968. The highest BCUT2D eigenvalue weighted by molar-refractivity contribution is 5.87. The standard InChI is InChI=1S/C21H27NO4.C7H6O2.CH4N2O2/c23-14-5-4-13-10-16-21(25)7-6-15(24)19-20(21,17(13)18(14)26-19)8-9-22(16)11-12-2-1-3-12;8-7(9)6-4-2-1-3-5-6;2-1(4)5-3/h4-5,12,15-16,19,23-25H,1-3,6-11H2;1-5H,(H,8,9);3H2,(H2,2,4)/t15-,16+,19-,20-,21+;;/m0../s1. The summed E-state index contributed by atoms with van der Waals surface area (Å²) in [6.45, 7) is 2.02. The summed E-state index contributed by atoms with van der Waals surface area (Å²) in [4.78, 5) is 25.4. The van der Waals surface area contributed by atoms with E-state index >= 15 is 0 Å². The first kappa shape index (κ1) is 28.2. The molecule has 11 heteroatoms. The summed E-state index contributed by atoms with van der Waals surface area (Å²) in [5, 5.41) is 41.6. The largest absolute Gasteiger partial charge is 0.504 e. The highest BCUT2D eigenvalue weighted by atomic mass is 16.7. The number of aliphatic hydroxyl groups excluding tert-OH is 1. The van der Waals surface area contributed by atoms with Gasteiger partial charge >= 0.3 is 12.1 Å². The van der Waals surface area contributed by atoms with Crippen molar-refractivity contribution >= 4 is 12.1 Å². The van der Waals surface area contributed by atoms with Crippen molar-refractivity contribution in [2.75, 3.05) is 13.1 Å². The average Bonchev–Trinajstić information content (AvgIpc) is 3.28. The third-order valence-corrected chi connectivity index (χ3v) is 9.40. The van der Waals surface area contributed by atoms with E-state index < -0.39 is 35.3 Å². The Kier molecular flexibility index (Phi) is 7.66. The van der Waals surface area contributed by atoms with Gasteiger partial charge in [-0.25, -0.2) is 9.59 Å². The van der Waals surface area contributed by atoms with Gasteiger partial charge in [-0.15, -0.1) is 0 Å². The van der Waals surface area contributed by atoms with Crippen LogP contribution >= 0.6 is 0 Å². The molecule has 11 nitrogen and oxygen atoms in total. The minimum Gasteiger partial charge on any atom is -0.504 e. The number of rotatable bonds is 3. The Balaban J connectivity index is 0.000000192. The number of aliphatic hydroxyl groups is 2. The molecule has 5 aliphatic rings. The number of carbonyl (C=O) groups is 2. The number of primary amides is 1. The van der Waals surface area contributed by atoms with Crippen molar-refractivity contribution in [1.82, 2.24) is 4.90 Å². The molecule has 2 aromatic carbocycles. The van der Waals surface area contributed by atoms with E-state index in [0.29, 0.717) is 24.2 Å². The number of carbonyl (C=O) groups excluding carboxylic acids is 1. The quantitative estimate of drug-likeness (QED) is 0.306. The number of nitrogens with two attached hydrogens (primary N) is 2. The van der Waals surface area contributed by atoms with Gasteiger partial charge in [0.2, 0.25) is 0 Å². The van der Waals surface area contributed by atoms with Crippen LogP contribution < -0.4 is 16.4 Å². The van der Waals surface area contributed by atoms with Crippen molar-refractivity contribution in [3.63, 3.8) is 0 Å². The van der Waals surface area contributed by atoms with Crippen molar-refractivity contribution in [3.8, 4) is 11.5 Å². The lowest BCUT2D eigenvalue weighted by Gasteiger charge is -2.64. The second-order valence-corrected chi connectivity index (χ2v) is 11.4. The summed E-state index contributed by atoms with van der Waals surface area (Å²) in [5.41, 5.74) is 5.35. The Morgan fingerprint density at radius 3 is 2.38 bits per heavy atom. The number of benzene rings is 2.